The van der Waals surface area contributed by atoms with E-state index in [1.165, 1.54) is 6.07 Å². The molecular weight excluding hydrogens is 208 g/mol. The molecule has 5 heteroatoms. The highest BCUT2D eigenvalue weighted by molar-refractivity contribution is 5.85. The third-order valence-corrected chi connectivity index (χ3v) is 3.11. The summed E-state index contributed by atoms with van der Waals surface area (Å²) in [5.41, 5.74) is 0.00271. The number of likely N-dealkylation sites (tertiary alicyclic amines) is 1. The summed E-state index contributed by atoms with van der Waals surface area (Å²) in [5, 5.41) is 12.2. The predicted octanol–water partition coefficient (Wildman–Crippen LogP) is 1.26. The van der Waals surface area contributed by atoms with Crippen LogP contribution >= 0.6 is 0 Å². The average Bonchev–Trinajstić information content (AvgIpc) is 2.70. The zero-order chi connectivity index (χ0) is 11.5. The van der Waals surface area contributed by atoms with Crippen LogP contribution in [0.1, 0.15) is 29.1 Å². The summed E-state index contributed by atoms with van der Waals surface area (Å²) in [5.74, 6) is 0.246. The van der Waals surface area contributed by atoms with Crippen LogP contribution in [0, 0.1) is 5.92 Å². The topological polar surface area (TPSA) is 66.6 Å². The zero-order valence-corrected chi connectivity index (χ0v) is 9.35. The van der Waals surface area contributed by atoms with E-state index in [1.807, 2.05) is 0 Å². The predicted molar refractivity (Wildman–Crippen MR) is 57.4 cm³/mol. The Morgan fingerprint density at radius 2 is 2.31 bits per heavy atom. The fraction of sp³-hybridized carbons (Fsp3) is 0.636. The summed E-state index contributed by atoms with van der Waals surface area (Å²) in [7, 11) is 2.12. The molecule has 0 aliphatic carbocycles. The van der Waals surface area contributed by atoms with Crippen LogP contribution in [0.4, 0.5) is 0 Å². The van der Waals surface area contributed by atoms with Gasteiger partial charge in [-0.2, -0.15) is 0 Å². The van der Waals surface area contributed by atoms with E-state index < -0.39 is 5.97 Å². The lowest BCUT2D eigenvalue weighted by atomic mass is 9.93. The summed E-state index contributed by atoms with van der Waals surface area (Å²) in [4.78, 5) is 12.9. The number of nitrogens with zero attached hydrogens (tertiary/aromatic N) is 2. The minimum atomic E-state index is -1.03. The van der Waals surface area contributed by atoms with Crippen molar-refractivity contribution in [2.24, 2.45) is 5.92 Å². The molecule has 1 aromatic rings. The Morgan fingerprint density at radius 3 is 2.88 bits per heavy atom. The highest BCUT2D eigenvalue weighted by Crippen LogP contribution is 2.21. The summed E-state index contributed by atoms with van der Waals surface area (Å²) in [6.07, 6.45) is 3.08. The van der Waals surface area contributed by atoms with E-state index in [0.717, 1.165) is 32.4 Å². The Balaban J connectivity index is 1.91. The monoisotopic (exact) mass is 224 g/mol. The number of carboxylic acid groups (broad SMARTS) is 1. The molecule has 1 aromatic heterocycles. The number of aromatic carboxylic acids is 1. The molecule has 0 atom stereocenters. The van der Waals surface area contributed by atoms with Crippen molar-refractivity contribution >= 4 is 5.97 Å². The summed E-state index contributed by atoms with van der Waals surface area (Å²) < 4.78 is 5.01. The van der Waals surface area contributed by atoms with Crippen LogP contribution in [0.25, 0.3) is 0 Å². The lowest BCUT2D eigenvalue weighted by Crippen LogP contribution is -2.30. The standard InChI is InChI=1S/C11H16N2O3/c1-13-4-2-8(3-5-13)6-9-7-10(11(14)15)12-16-9/h7-8H,2-6H2,1H3,(H,14,15). The molecule has 0 radical (unpaired) electrons. The molecule has 1 aliphatic heterocycles. The van der Waals surface area contributed by atoms with E-state index in [1.54, 1.807) is 0 Å². The zero-order valence-electron chi connectivity index (χ0n) is 9.35. The largest absolute Gasteiger partial charge is 0.476 e. The van der Waals surface area contributed by atoms with Crippen molar-refractivity contribution < 1.29 is 14.4 Å². The second-order valence-corrected chi connectivity index (χ2v) is 4.43. The number of carboxylic acids is 1. The molecular formula is C11H16N2O3. The molecule has 1 fully saturated rings. The maximum atomic E-state index is 10.6. The van der Waals surface area contributed by atoms with Gasteiger partial charge in [-0.25, -0.2) is 4.79 Å². The van der Waals surface area contributed by atoms with Crippen LogP contribution in [-0.4, -0.2) is 41.3 Å². The molecule has 0 spiro atoms. The number of aromatic nitrogens is 1. The Kier molecular flexibility index (Phi) is 3.24. The van der Waals surface area contributed by atoms with Gasteiger partial charge in [-0.15, -0.1) is 0 Å². The fourth-order valence-corrected chi connectivity index (χ4v) is 2.06. The van der Waals surface area contributed by atoms with Crippen LogP contribution in [0.5, 0.6) is 0 Å². The van der Waals surface area contributed by atoms with Crippen molar-refractivity contribution in [1.82, 2.24) is 10.1 Å². The second-order valence-electron chi connectivity index (χ2n) is 4.43. The third kappa shape index (κ3) is 2.61. The number of rotatable bonds is 3. The van der Waals surface area contributed by atoms with Crippen molar-refractivity contribution in [3.05, 3.63) is 17.5 Å². The smallest absolute Gasteiger partial charge is 0.358 e. The highest BCUT2D eigenvalue weighted by atomic mass is 16.5. The minimum absolute atomic E-state index is 0.00271. The fourth-order valence-electron chi connectivity index (χ4n) is 2.06. The van der Waals surface area contributed by atoms with E-state index in [4.69, 9.17) is 9.63 Å². The lowest BCUT2D eigenvalue weighted by Gasteiger charge is -2.28. The van der Waals surface area contributed by atoms with Crippen molar-refractivity contribution in [2.45, 2.75) is 19.3 Å². The number of hydrogen-bond acceptors (Lipinski definition) is 4. The summed E-state index contributed by atoms with van der Waals surface area (Å²) in [6.45, 7) is 2.20. The highest BCUT2D eigenvalue weighted by Gasteiger charge is 2.19. The maximum Gasteiger partial charge on any atom is 0.358 e. The van der Waals surface area contributed by atoms with Crippen LogP contribution in [0.15, 0.2) is 10.6 Å². The SMILES string of the molecule is CN1CCC(Cc2cc(C(=O)O)no2)CC1. The van der Waals surface area contributed by atoms with Crippen molar-refractivity contribution in [1.29, 1.82) is 0 Å². The van der Waals surface area contributed by atoms with Gasteiger partial charge in [0.15, 0.2) is 5.69 Å². The molecule has 2 heterocycles. The Morgan fingerprint density at radius 1 is 1.62 bits per heavy atom. The molecule has 1 N–H and O–H groups in total. The third-order valence-electron chi connectivity index (χ3n) is 3.11. The minimum Gasteiger partial charge on any atom is -0.476 e. The normalized spacial score (nSPS) is 18.8. The van der Waals surface area contributed by atoms with E-state index in [0.29, 0.717) is 11.7 Å². The van der Waals surface area contributed by atoms with Crippen LogP contribution in [0.2, 0.25) is 0 Å². The first-order valence-electron chi connectivity index (χ1n) is 5.52. The van der Waals surface area contributed by atoms with Gasteiger partial charge in [0, 0.05) is 12.5 Å². The van der Waals surface area contributed by atoms with Crippen molar-refractivity contribution in [3.63, 3.8) is 0 Å². The van der Waals surface area contributed by atoms with E-state index in [-0.39, 0.29) is 5.69 Å². The molecule has 5 nitrogen and oxygen atoms in total. The molecule has 0 aromatic carbocycles. The summed E-state index contributed by atoms with van der Waals surface area (Å²) in [6, 6.07) is 1.53. The van der Waals surface area contributed by atoms with E-state index in [2.05, 4.69) is 17.1 Å². The first-order chi connectivity index (χ1) is 7.65. The number of piperidine rings is 1. The quantitative estimate of drug-likeness (QED) is 0.837. The Bertz CT molecular complexity index is 367. The first kappa shape index (κ1) is 11.1. The van der Waals surface area contributed by atoms with Gasteiger partial charge in [-0.1, -0.05) is 5.16 Å². The molecule has 0 unspecified atom stereocenters. The van der Waals surface area contributed by atoms with Gasteiger partial charge in [-0.3, -0.25) is 0 Å². The number of hydrogen-bond donors (Lipinski definition) is 1. The van der Waals surface area contributed by atoms with Crippen LogP contribution < -0.4 is 0 Å². The lowest BCUT2D eigenvalue weighted by molar-refractivity contribution is 0.0685. The maximum absolute atomic E-state index is 10.6. The van der Waals surface area contributed by atoms with Gasteiger partial charge >= 0.3 is 5.97 Å². The van der Waals surface area contributed by atoms with Crippen LogP contribution in [0.3, 0.4) is 0 Å². The van der Waals surface area contributed by atoms with Crippen molar-refractivity contribution in [3.8, 4) is 0 Å². The molecule has 2 rings (SSSR count). The molecule has 16 heavy (non-hydrogen) atoms. The van der Waals surface area contributed by atoms with E-state index >= 15 is 0 Å². The molecule has 1 saturated heterocycles. The van der Waals surface area contributed by atoms with Gasteiger partial charge in [-0.05, 0) is 38.9 Å². The second kappa shape index (κ2) is 4.65. The van der Waals surface area contributed by atoms with Gasteiger partial charge in [0.2, 0.25) is 0 Å². The first-order valence-corrected chi connectivity index (χ1v) is 5.52. The molecule has 0 saturated carbocycles. The molecule has 0 amide bonds. The Labute approximate surface area is 94.0 Å². The van der Waals surface area contributed by atoms with Gasteiger partial charge in [0.25, 0.3) is 0 Å². The van der Waals surface area contributed by atoms with Gasteiger partial charge < -0.3 is 14.5 Å². The van der Waals surface area contributed by atoms with Gasteiger partial charge in [0.1, 0.15) is 5.76 Å². The Hall–Kier alpha value is -1.36. The molecule has 1 aliphatic rings. The number of carbonyl (C=O) groups is 1. The van der Waals surface area contributed by atoms with Crippen LogP contribution in [-0.2, 0) is 6.42 Å². The summed E-state index contributed by atoms with van der Waals surface area (Å²) >= 11 is 0. The molecule has 88 valence electrons. The van der Waals surface area contributed by atoms with E-state index in [9.17, 15) is 4.79 Å². The molecule has 0 bridgehead atoms. The van der Waals surface area contributed by atoms with Crippen molar-refractivity contribution in [2.75, 3.05) is 20.1 Å². The average molecular weight is 224 g/mol. The van der Waals surface area contributed by atoms with Gasteiger partial charge in [0.05, 0.1) is 0 Å².